The highest BCUT2D eigenvalue weighted by molar-refractivity contribution is 7.89. The fourth-order valence-corrected chi connectivity index (χ4v) is 3.57. The SMILES string of the molecule is O=C1C[C@@H](C(=O)O)N(S(=O)(=O)c2ccc([N+](=O)[O-])cc2)C1. The summed E-state index contributed by atoms with van der Waals surface area (Å²) in [5.74, 6) is -1.90. The van der Waals surface area contributed by atoms with Crippen LogP contribution in [-0.2, 0) is 19.6 Å². The van der Waals surface area contributed by atoms with Gasteiger partial charge in [0.15, 0.2) is 0 Å². The molecule has 1 aliphatic heterocycles. The minimum Gasteiger partial charge on any atom is -0.480 e. The van der Waals surface area contributed by atoms with Crippen LogP contribution in [0.5, 0.6) is 0 Å². The van der Waals surface area contributed by atoms with Gasteiger partial charge in [0.1, 0.15) is 11.8 Å². The largest absolute Gasteiger partial charge is 0.480 e. The minimum absolute atomic E-state index is 0.291. The van der Waals surface area contributed by atoms with E-state index in [9.17, 15) is 28.1 Å². The van der Waals surface area contributed by atoms with Gasteiger partial charge in [-0.15, -0.1) is 0 Å². The second-order valence-electron chi connectivity index (χ2n) is 4.40. The lowest BCUT2D eigenvalue weighted by Crippen LogP contribution is -2.40. The predicted molar refractivity (Wildman–Crippen MR) is 68.0 cm³/mol. The van der Waals surface area contributed by atoms with Gasteiger partial charge in [-0.1, -0.05) is 0 Å². The zero-order valence-corrected chi connectivity index (χ0v) is 11.3. The Morgan fingerprint density at radius 2 is 1.90 bits per heavy atom. The molecule has 0 aromatic heterocycles. The van der Waals surface area contributed by atoms with Crippen LogP contribution in [0.1, 0.15) is 6.42 Å². The normalized spacial score (nSPS) is 19.6. The van der Waals surface area contributed by atoms with Gasteiger partial charge in [0.05, 0.1) is 16.4 Å². The van der Waals surface area contributed by atoms with Crippen LogP contribution in [0, 0.1) is 10.1 Å². The summed E-state index contributed by atoms with van der Waals surface area (Å²) in [4.78, 5) is 31.9. The van der Waals surface area contributed by atoms with Crippen LogP contribution in [0.3, 0.4) is 0 Å². The third-order valence-electron chi connectivity index (χ3n) is 3.04. The molecule has 0 spiro atoms. The first kappa shape index (κ1) is 15.1. The number of rotatable bonds is 4. The topological polar surface area (TPSA) is 135 Å². The molecule has 2 rings (SSSR count). The molecular formula is C11H10N2O7S. The smallest absolute Gasteiger partial charge is 0.322 e. The Kier molecular flexibility index (Phi) is 3.75. The summed E-state index contributed by atoms with van der Waals surface area (Å²) in [6.07, 6.45) is -0.387. The van der Waals surface area contributed by atoms with E-state index in [4.69, 9.17) is 5.11 Å². The molecule has 1 fully saturated rings. The molecule has 1 saturated heterocycles. The molecular weight excluding hydrogens is 304 g/mol. The number of carboxylic acid groups (broad SMARTS) is 1. The maximum atomic E-state index is 12.3. The quantitative estimate of drug-likeness (QED) is 0.611. The van der Waals surface area contributed by atoms with Crippen molar-refractivity contribution in [2.45, 2.75) is 17.4 Å². The molecule has 1 aromatic carbocycles. The van der Waals surface area contributed by atoms with Gasteiger partial charge >= 0.3 is 5.97 Å². The van der Waals surface area contributed by atoms with Crippen molar-refractivity contribution in [2.75, 3.05) is 6.54 Å². The average Bonchev–Trinajstić information content (AvgIpc) is 2.82. The van der Waals surface area contributed by atoms with Gasteiger partial charge in [-0.25, -0.2) is 8.42 Å². The monoisotopic (exact) mass is 314 g/mol. The number of benzene rings is 1. The number of non-ortho nitro benzene ring substituents is 1. The van der Waals surface area contributed by atoms with E-state index >= 15 is 0 Å². The Labute approximate surface area is 119 Å². The van der Waals surface area contributed by atoms with Crippen LogP contribution < -0.4 is 0 Å². The van der Waals surface area contributed by atoms with Gasteiger partial charge in [-0.05, 0) is 12.1 Å². The minimum atomic E-state index is -4.20. The zero-order chi connectivity index (χ0) is 15.8. The molecule has 9 nitrogen and oxygen atoms in total. The van der Waals surface area contributed by atoms with Crippen molar-refractivity contribution in [1.82, 2.24) is 4.31 Å². The molecule has 21 heavy (non-hydrogen) atoms. The summed E-state index contributed by atoms with van der Waals surface area (Å²) in [5, 5.41) is 19.5. The van der Waals surface area contributed by atoms with Gasteiger partial charge in [0, 0.05) is 18.6 Å². The van der Waals surface area contributed by atoms with E-state index in [0.717, 1.165) is 24.3 Å². The number of carbonyl (C=O) groups excluding carboxylic acids is 1. The van der Waals surface area contributed by atoms with Crippen molar-refractivity contribution >= 4 is 27.5 Å². The van der Waals surface area contributed by atoms with Crippen LogP contribution in [0.15, 0.2) is 29.2 Å². The van der Waals surface area contributed by atoms with Crippen molar-refractivity contribution in [3.05, 3.63) is 34.4 Å². The standard InChI is InChI=1S/C11H10N2O7S/c14-8-5-10(11(15)16)12(6-8)21(19,20)9-3-1-7(2-4-9)13(17)18/h1-4,10H,5-6H2,(H,15,16)/t10-/m0/s1. The fraction of sp³-hybridized carbons (Fsp3) is 0.273. The number of nitrogens with zero attached hydrogens (tertiary/aromatic N) is 2. The van der Waals surface area contributed by atoms with Crippen molar-refractivity contribution in [2.24, 2.45) is 0 Å². The summed E-state index contributed by atoms with van der Waals surface area (Å²) in [6.45, 7) is -0.518. The first-order valence-corrected chi connectivity index (χ1v) is 7.18. The molecule has 112 valence electrons. The molecule has 0 unspecified atom stereocenters. The fourth-order valence-electron chi connectivity index (χ4n) is 2.00. The van der Waals surface area contributed by atoms with Crippen LogP contribution >= 0.6 is 0 Å². The van der Waals surface area contributed by atoms with E-state index in [-0.39, 0.29) is 17.0 Å². The van der Waals surface area contributed by atoms with Crippen LogP contribution in [-0.4, -0.2) is 47.1 Å². The molecule has 0 bridgehead atoms. The zero-order valence-electron chi connectivity index (χ0n) is 10.5. The molecule has 1 aromatic rings. The molecule has 0 aliphatic carbocycles. The summed E-state index contributed by atoms with van der Waals surface area (Å²) >= 11 is 0. The van der Waals surface area contributed by atoms with E-state index in [1.54, 1.807) is 0 Å². The summed E-state index contributed by atoms with van der Waals surface area (Å²) in [7, 11) is -4.20. The number of ketones is 1. The second-order valence-corrected chi connectivity index (χ2v) is 6.29. The highest BCUT2D eigenvalue weighted by Crippen LogP contribution is 2.25. The lowest BCUT2D eigenvalue weighted by molar-refractivity contribution is -0.384. The Morgan fingerprint density at radius 1 is 1.33 bits per heavy atom. The number of hydrogen-bond donors (Lipinski definition) is 1. The number of nitro groups is 1. The maximum absolute atomic E-state index is 12.3. The van der Waals surface area contributed by atoms with Crippen molar-refractivity contribution in [3.63, 3.8) is 0 Å². The summed E-state index contributed by atoms with van der Waals surface area (Å²) in [6, 6.07) is 2.57. The molecule has 1 heterocycles. The Bertz CT molecular complexity index is 711. The molecule has 1 atom stereocenters. The van der Waals surface area contributed by atoms with Crippen LogP contribution in [0.2, 0.25) is 0 Å². The molecule has 1 N–H and O–H groups in total. The third-order valence-corrected chi connectivity index (χ3v) is 4.91. The van der Waals surface area contributed by atoms with Crippen LogP contribution in [0.25, 0.3) is 0 Å². The number of Topliss-reactive ketones (excluding diaryl/α,β-unsaturated/α-hetero) is 1. The first-order chi connectivity index (χ1) is 9.73. The van der Waals surface area contributed by atoms with Crippen molar-refractivity contribution in [1.29, 1.82) is 0 Å². The number of nitro benzene ring substituents is 1. The number of carboxylic acids is 1. The average molecular weight is 314 g/mol. The van der Waals surface area contributed by atoms with E-state index in [0.29, 0.717) is 4.31 Å². The van der Waals surface area contributed by atoms with Gasteiger partial charge in [-0.2, -0.15) is 4.31 Å². The van der Waals surface area contributed by atoms with E-state index in [2.05, 4.69) is 0 Å². The predicted octanol–water partition coefficient (Wildman–Crippen LogP) is 0.0115. The van der Waals surface area contributed by atoms with Gasteiger partial charge < -0.3 is 5.11 Å². The van der Waals surface area contributed by atoms with Crippen molar-refractivity contribution in [3.8, 4) is 0 Å². The Balaban J connectivity index is 2.39. The Hall–Kier alpha value is -2.33. The lowest BCUT2D eigenvalue weighted by Gasteiger charge is -2.19. The highest BCUT2D eigenvalue weighted by atomic mass is 32.2. The molecule has 0 amide bonds. The third kappa shape index (κ3) is 2.76. The van der Waals surface area contributed by atoms with Gasteiger partial charge in [0.2, 0.25) is 10.0 Å². The molecule has 10 heteroatoms. The molecule has 0 radical (unpaired) electrons. The number of carbonyl (C=O) groups is 2. The number of sulfonamides is 1. The molecule has 1 aliphatic rings. The lowest BCUT2D eigenvalue weighted by atomic mass is 10.2. The highest BCUT2D eigenvalue weighted by Gasteiger charge is 2.43. The first-order valence-electron chi connectivity index (χ1n) is 5.74. The van der Waals surface area contributed by atoms with Crippen LogP contribution in [0.4, 0.5) is 5.69 Å². The molecule has 0 saturated carbocycles. The summed E-state index contributed by atoms with van der Waals surface area (Å²) in [5.41, 5.74) is -0.291. The van der Waals surface area contributed by atoms with E-state index in [1.807, 2.05) is 0 Å². The van der Waals surface area contributed by atoms with Gasteiger partial charge in [0.25, 0.3) is 5.69 Å². The van der Waals surface area contributed by atoms with Gasteiger partial charge in [-0.3, -0.25) is 19.7 Å². The second kappa shape index (κ2) is 5.22. The number of hydrogen-bond acceptors (Lipinski definition) is 6. The maximum Gasteiger partial charge on any atom is 0.322 e. The van der Waals surface area contributed by atoms with Crippen molar-refractivity contribution < 1.29 is 28.0 Å². The Morgan fingerprint density at radius 3 is 2.38 bits per heavy atom. The van der Waals surface area contributed by atoms with E-state index in [1.165, 1.54) is 0 Å². The van der Waals surface area contributed by atoms with E-state index < -0.39 is 39.3 Å². The summed E-state index contributed by atoms with van der Waals surface area (Å²) < 4.78 is 25.2. The number of aliphatic carboxylic acids is 1.